The van der Waals surface area contributed by atoms with E-state index in [9.17, 15) is 13.6 Å². The SMILES string of the molecule is CCOC(=O)c1nc(Cc2ccc(F)cc2F)sc1C. The Hall–Kier alpha value is -1.82. The van der Waals surface area contributed by atoms with Gasteiger partial charge in [0.2, 0.25) is 0 Å². The van der Waals surface area contributed by atoms with Gasteiger partial charge >= 0.3 is 5.97 Å². The quantitative estimate of drug-likeness (QED) is 0.811. The average molecular weight is 297 g/mol. The molecule has 0 fully saturated rings. The number of aromatic nitrogens is 1. The maximum absolute atomic E-state index is 13.6. The van der Waals surface area contributed by atoms with Crippen LogP contribution in [-0.2, 0) is 11.2 Å². The highest BCUT2D eigenvalue weighted by Gasteiger charge is 2.17. The summed E-state index contributed by atoms with van der Waals surface area (Å²) in [4.78, 5) is 16.5. The van der Waals surface area contributed by atoms with E-state index in [1.165, 1.54) is 23.5 Å². The van der Waals surface area contributed by atoms with Crippen molar-refractivity contribution in [3.05, 3.63) is 51.0 Å². The standard InChI is InChI=1S/C14H13F2NO2S/c1-3-19-14(18)13-8(2)20-12(17-13)6-9-4-5-10(15)7-11(9)16/h4-5,7H,3,6H2,1-2H3. The van der Waals surface area contributed by atoms with Gasteiger partial charge in [0.1, 0.15) is 11.6 Å². The molecule has 0 atom stereocenters. The van der Waals surface area contributed by atoms with Crippen LogP contribution in [0.25, 0.3) is 0 Å². The van der Waals surface area contributed by atoms with Gasteiger partial charge in [-0.3, -0.25) is 0 Å². The molecule has 0 aliphatic rings. The van der Waals surface area contributed by atoms with E-state index in [2.05, 4.69) is 4.98 Å². The molecule has 0 aliphatic heterocycles. The van der Waals surface area contributed by atoms with Gasteiger partial charge in [0.05, 0.1) is 11.6 Å². The molecule has 0 aliphatic carbocycles. The molecule has 2 aromatic rings. The lowest BCUT2D eigenvalue weighted by atomic mass is 10.1. The fourth-order valence-electron chi connectivity index (χ4n) is 1.74. The van der Waals surface area contributed by atoms with Crippen LogP contribution in [-0.4, -0.2) is 17.6 Å². The molecule has 20 heavy (non-hydrogen) atoms. The Morgan fingerprint density at radius 3 is 2.80 bits per heavy atom. The minimum atomic E-state index is -0.617. The third kappa shape index (κ3) is 3.19. The molecule has 6 heteroatoms. The Labute approximate surface area is 119 Å². The van der Waals surface area contributed by atoms with Gasteiger partial charge in [-0.05, 0) is 25.5 Å². The molecule has 106 valence electrons. The maximum atomic E-state index is 13.6. The van der Waals surface area contributed by atoms with Crippen molar-refractivity contribution < 1.29 is 18.3 Å². The van der Waals surface area contributed by atoms with Crippen molar-refractivity contribution in [2.75, 3.05) is 6.61 Å². The van der Waals surface area contributed by atoms with Crippen LogP contribution in [0.4, 0.5) is 8.78 Å². The first-order valence-electron chi connectivity index (χ1n) is 6.08. The molecular formula is C14H13F2NO2S. The second-order valence-corrected chi connectivity index (χ2v) is 5.43. The van der Waals surface area contributed by atoms with E-state index in [1.807, 2.05) is 0 Å². The third-order valence-corrected chi connectivity index (χ3v) is 3.64. The number of carbonyl (C=O) groups is 1. The van der Waals surface area contributed by atoms with Crippen molar-refractivity contribution in [2.45, 2.75) is 20.3 Å². The van der Waals surface area contributed by atoms with E-state index in [0.29, 0.717) is 10.6 Å². The Morgan fingerprint density at radius 2 is 2.15 bits per heavy atom. The van der Waals surface area contributed by atoms with Crippen molar-refractivity contribution in [1.82, 2.24) is 4.98 Å². The van der Waals surface area contributed by atoms with E-state index < -0.39 is 17.6 Å². The summed E-state index contributed by atoms with van der Waals surface area (Å²) in [6, 6.07) is 3.42. The third-order valence-electron chi connectivity index (χ3n) is 2.67. The zero-order valence-corrected chi connectivity index (χ0v) is 11.9. The monoisotopic (exact) mass is 297 g/mol. The summed E-state index contributed by atoms with van der Waals surface area (Å²) in [6.45, 7) is 3.75. The Kier molecular flexibility index (Phi) is 4.44. The highest BCUT2D eigenvalue weighted by Crippen LogP contribution is 2.22. The van der Waals surface area contributed by atoms with Crippen LogP contribution in [0.15, 0.2) is 18.2 Å². The fraction of sp³-hybridized carbons (Fsp3) is 0.286. The molecule has 1 aromatic heterocycles. The highest BCUT2D eigenvalue weighted by molar-refractivity contribution is 7.11. The summed E-state index contributed by atoms with van der Waals surface area (Å²) in [6.07, 6.45) is 0.219. The van der Waals surface area contributed by atoms with Gasteiger partial charge in [-0.2, -0.15) is 0 Å². The van der Waals surface area contributed by atoms with Crippen LogP contribution >= 0.6 is 11.3 Å². The van der Waals surface area contributed by atoms with Crippen molar-refractivity contribution in [3.63, 3.8) is 0 Å². The number of hydrogen-bond acceptors (Lipinski definition) is 4. The van der Waals surface area contributed by atoms with Crippen LogP contribution in [0.2, 0.25) is 0 Å². The molecule has 0 amide bonds. The van der Waals surface area contributed by atoms with Gasteiger partial charge in [0, 0.05) is 17.4 Å². The molecular weight excluding hydrogens is 284 g/mol. The van der Waals surface area contributed by atoms with Crippen LogP contribution < -0.4 is 0 Å². The normalized spacial score (nSPS) is 10.6. The molecule has 1 heterocycles. The number of benzene rings is 1. The van der Waals surface area contributed by atoms with E-state index in [0.717, 1.165) is 10.9 Å². The second-order valence-electron chi connectivity index (χ2n) is 4.15. The largest absolute Gasteiger partial charge is 0.461 e. The van der Waals surface area contributed by atoms with Crippen molar-refractivity contribution in [2.24, 2.45) is 0 Å². The highest BCUT2D eigenvalue weighted by atomic mass is 32.1. The summed E-state index contributed by atoms with van der Waals surface area (Å²) in [5.41, 5.74) is 0.602. The van der Waals surface area contributed by atoms with Crippen molar-refractivity contribution >= 4 is 17.3 Å². The summed E-state index contributed by atoms with van der Waals surface area (Å²) < 4.78 is 31.3. The van der Waals surface area contributed by atoms with Crippen molar-refractivity contribution in [1.29, 1.82) is 0 Å². The van der Waals surface area contributed by atoms with Gasteiger partial charge in [-0.15, -0.1) is 11.3 Å². The predicted octanol–water partition coefficient (Wildman–Crippen LogP) is 3.50. The lowest BCUT2D eigenvalue weighted by Gasteiger charge is -2.00. The first kappa shape index (κ1) is 14.6. The average Bonchev–Trinajstić information content (AvgIpc) is 2.74. The topological polar surface area (TPSA) is 39.2 Å². The maximum Gasteiger partial charge on any atom is 0.358 e. The zero-order chi connectivity index (χ0) is 14.7. The van der Waals surface area contributed by atoms with E-state index in [1.54, 1.807) is 13.8 Å². The molecule has 3 nitrogen and oxygen atoms in total. The molecule has 0 radical (unpaired) electrons. The number of thiazole rings is 1. The fourth-order valence-corrected chi connectivity index (χ4v) is 2.69. The first-order valence-corrected chi connectivity index (χ1v) is 6.90. The zero-order valence-electron chi connectivity index (χ0n) is 11.1. The molecule has 0 saturated carbocycles. The van der Waals surface area contributed by atoms with Crippen LogP contribution in [0.5, 0.6) is 0 Å². The lowest BCUT2D eigenvalue weighted by molar-refractivity contribution is 0.0519. The van der Waals surface area contributed by atoms with Gasteiger partial charge in [-0.25, -0.2) is 18.6 Å². The number of hydrogen-bond donors (Lipinski definition) is 0. The lowest BCUT2D eigenvalue weighted by Crippen LogP contribution is -2.06. The van der Waals surface area contributed by atoms with E-state index in [4.69, 9.17) is 4.74 Å². The molecule has 0 saturated heterocycles. The minimum Gasteiger partial charge on any atom is -0.461 e. The second kappa shape index (κ2) is 6.09. The Balaban J connectivity index is 2.22. The summed E-state index contributed by atoms with van der Waals surface area (Å²) >= 11 is 1.30. The molecule has 2 rings (SSSR count). The number of ether oxygens (including phenoxy) is 1. The van der Waals surface area contributed by atoms with Crippen LogP contribution in [0, 0.1) is 18.6 Å². The van der Waals surface area contributed by atoms with Gasteiger partial charge < -0.3 is 4.74 Å². The minimum absolute atomic E-state index is 0.219. The molecule has 0 N–H and O–H groups in total. The number of aryl methyl sites for hydroxylation is 1. The van der Waals surface area contributed by atoms with Crippen molar-refractivity contribution in [3.8, 4) is 0 Å². The van der Waals surface area contributed by atoms with Crippen LogP contribution in [0.3, 0.4) is 0 Å². The number of carbonyl (C=O) groups excluding carboxylic acids is 1. The molecule has 0 spiro atoms. The smallest absolute Gasteiger partial charge is 0.358 e. The number of nitrogens with zero attached hydrogens (tertiary/aromatic N) is 1. The molecule has 1 aromatic carbocycles. The number of rotatable bonds is 4. The van der Waals surface area contributed by atoms with Gasteiger partial charge in [-0.1, -0.05) is 6.07 Å². The Bertz CT molecular complexity index is 640. The van der Waals surface area contributed by atoms with Gasteiger partial charge in [0.25, 0.3) is 0 Å². The summed E-state index contributed by atoms with van der Waals surface area (Å²) in [7, 11) is 0. The molecule has 0 bridgehead atoms. The molecule has 0 unspecified atom stereocenters. The first-order chi connectivity index (χ1) is 9.51. The Morgan fingerprint density at radius 1 is 1.40 bits per heavy atom. The predicted molar refractivity (Wildman–Crippen MR) is 72.0 cm³/mol. The number of halogens is 2. The van der Waals surface area contributed by atoms with E-state index >= 15 is 0 Å². The number of esters is 1. The van der Waals surface area contributed by atoms with Gasteiger partial charge in [0.15, 0.2) is 5.69 Å². The van der Waals surface area contributed by atoms with E-state index in [-0.39, 0.29) is 18.7 Å². The summed E-state index contributed by atoms with van der Waals surface area (Å²) in [5, 5.41) is 0.594. The summed E-state index contributed by atoms with van der Waals surface area (Å²) in [5.74, 6) is -1.71. The van der Waals surface area contributed by atoms with Crippen LogP contribution in [0.1, 0.15) is 32.9 Å².